The number of sulfonamides is 1. The molecule has 1 aromatic carbocycles. The molecule has 0 spiro atoms. The van der Waals surface area contributed by atoms with E-state index in [9.17, 15) is 18.0 Å². The highest BCUT2D eigenvalue weighted by Crippen LogP contribution is 2.11. The molecule has 1 N–H and O–H groups in total. The van der Waals surface area contributed by atoms with Gasteiger partial charge in [0.05, 0.1) is 18.1 Å². The third-order valence-electron chi connectivity index (χ3n) is 3.95. The molecule has 1 aliphatic heterocycles. The fourth-order valence-electron chi connectivity index (χ4n) is 2.45. The Kier molecular flexibility index (Phi) is 8.55. The van der Waals surface area contributed by atoms with Gasteiger partial charge in [-0.25, -0.2) is 8.42 Å². The Bertz CT molecular complexity index is 720. The van der Waals surface area contributed by atoms with Gasteiger partial charge >= 0.3 is 5.97 Å². The van der Waals surface area contributed by atoms with Crippen LogP contribution in [0.2, 0.25) is 0 Å². The molecule has 0 aromatic heterocycles. The first-order valence-corrected chi connectivity index (χ1v) is 11.4. The number of thioether (sulfide) groups is 1. The van der Waals surface area contributed by atoms with Crippen molar-refractivity contribution in [3.8, 4) is 0 Å². The predicted octanol–water partition coefficient (Wildman–Crippen LogP) is 0.489. The lowest BCUT2D eigenvalue weighted by atomic mass is 10.2. The van der Waals surface area contributed by atoms with E-state index < -0.39 is 28.6 Å². The maximum Gasteiger partial charge on any atom is 0.324 e. The van der Waals surface area contributed by atoms with Gasteiger partial charge in [0.1, 0.15) is 6.04 Å². The van der Waals surface area contributed by atoms with E-state index in [1.165, 1.54) is 23.9 Å². The zero-order chi connectivity index (χ0) is 19.7. The van der Waals surface area contributed by atoms with E-state index in [0.717, 1.165) is 0 Å². The van der Waals surface area contributed by atoms with Crippen LogP contribution in [0, 0.1) is 0 Å². The molecule has 0 aliphatic carbocycles. The number of carbonyl (C=O) groups excluding carboxylic acids is 2. The van der Waals surface area contributed by atoms with Crippen LogP contribution >= 0.6 is 11.8 Å². The van der Waals surface area contributed by atoms with E-state index in [1.807, 2.05) is 6.26 Å². The van der Waals surface area contributed by atoms with Gasteiger partial charge in [-0.15, -0.1) is 0 Å². The van der Waals surface area contributed by atoms with Crippen LogP contribution in [0.5, 0.6) is 0 Å². The monoisotopic (exact) mass is 416 g/mol. The average molecular weight is 417 g/mol. The summed E-state index contributed by atoms with van der Waals surface area (Å²) in [6.07, 6.45) is 2.12. The highest BCUT2D eigenvalue weighted by Gasteiger charge is 2.28. The number of rotatable bonds is 9. The lowest BCUT2D eigenvalue weighted by molar-refractivity contribution is -0.154. The summed E-state index contributed by atoms with van der Waals surface area (Å²) in [6.45, 7) is 1.39. The van der Waals surface area contributed by atoms with E-state index in [2.05, 4.69) is 4.72 Å². The van der Waals surface area contributed by atoms with Crippen molar-refractivity contribution in [2.45, 2.75) is 17.4 Å². The van der Waals surface area contributed by atoms with Crippen LogP contribution < -0.4 is 4.72 Å². The highest BCUT2D eigenvalue weighted by molar-refractivity contribution is 7.98. The zero-order valence-electron chi connectivity index (χ0n) is 15.1. The van der Waals surface area contributed by atoms with Gasteiger partial charge in [0.2, 0.25) is 10.0 Å². The lowest BCUT2D eigenvalue weighted by Crippen LogP contribution is -2.45. The van der Waals surface area contributed by atoms with E-state index >= 15 is 0 Å². The fraction of sp³-hybridized carbons (Fsp3) is 0.529. The minimum Gasteiger partial charge on any atom is -0.454 e. The van der Waals surface area contributed by atoms with Crippen molar-refractivity contribution < 1.29 is 27.5 Å². The molecule has 0 unspecified atom stereocenters. The molecule has 1 aromatic rings. The molecule has 0 radical (unpaired) electrons. The molecule has 2 rings (SSSR count). The Morgan fingerprint density at radius 1 is 1.26 bits per heavy atom. The Balaban J connectivity index is 1.97. The van der Waals surface area contributed by atoms with Crippen LogP contribution in [0.3, 0.4) is 0 Å². The average Bonchev–Trinajstić information content (AvgIpc) is 2.70. The van der Waals surface area contributed by atoms with Crippen LogP contribution in [0.4, 0.5) is 0 Å². The molecule has 1 aliphatic rings. The Morgan fingerprint density at radius 3 is 2.56 bits per heavy atom. The number of morpholine rings is 1. The maximum atomic E-state index is 12.5. The van der Waals surface area contributed by atoms with Gasteiger partial charge in [-0.1, -0.05) is 18.2 Å². The quantitative estimate of drug-likeness (QED) is 0.585. The molecular formula is C17H24N2O6S2. The van der Waals surface area contributed by atoms with Gasteiger partial charge in [-0.2, -0.15) is 16.5 Å². The van der Waals surface area contributed by atoms with Gasteiger partial charge < -0.3 is 14.4 Å². The molecule has 0 bridgehead atoms. The summed E-state index contributed by atoms with van der Waals surface area (Å²) < 4.78 is 37.6. The number of nitrogens with zero attached hydrogens (tertiary/aromatic N) is 1. The predicted molar refractivity (Wildman–Crippen MR) is 102 cm³/mol. The van der Waals surface area contributed by atoms with Gasteiger partial charge in [0, 0.05) is 13.1 Å². The van der Waals surface area contributed by atoms with Gasteiger partial charge in [-0.3, -0.25) is 9.59 Å². The summed E-state index contributed by atoms with van der Waals surface area (Å²) in [4.78, 5) is 26.1. The zero-order valence-corrected chi connectivity index (χ0v) is 16.8. The number of carbonyl (C=O) groups is 2. The minimum atomic E-state index is -3.87. The number of esters is 1. The Hall–Kier alpha value is -1.62. The standard InChI is InChI=1S/C17H24N2O6S2/c1-26-12-7-15(18-27(22,23)14-5-3-2-4-6-14)17(21)25-13-16(20)19-8-10-24-11-9-19/h2-6,15,18H,7-13H2,1H3/t15-/m1/s1. The number of hydrogen-bond donors (Lipinski definition) is 1. The normalized spacial score (nSPS) is 16.0. The van der Waals surface area contributed by atoms with Crippen LogP contribution in [-0.2, 0) is 29.1 Å². The van der Waals surface area contributed by atoms with E-state index in [-0.39, 0.29) is 17.2 Å². The summed E-state index contributed by atoms with van der Waals surface area (Å²) in [5.41, 5.74) is 0. The number of benzene rings is 1. The summed E-state index contributed by atoms with van der Waals surface area (Å²) >= 11 is 1.48. The first kappa shape index (κ1) is 21.7. The van der Waals surface area contributed by atoms with Crippen molar-refractivity contribution in [2.24, 2.45) is 0 Å². The topological polar surface area (TPSA) is 102 Å². The molecule has 10 heteroatoms. The lowest BCUT2D eigenvalue weighted by Gasteiger charge is -2.26. The van der Waals surface area contributed by atoms with Crippen molar-refractivity contribution in [3.05, 3.63) is 30.3 Å². The molecular weight excluding hydrogens is 392 g/mol. The number of nitrogens with one attached hydrogen (secondary N) is 1. The van der Waals surface area contributed by atoms with Gasteiger partial charge in [-0.05, 0) is 30.6 Å². The second kappa shape index (κ2) is 10.6. The summed E-state index contributed by atoms with van der Waals surface area (Å²) in [6, 6.07) is 6.74. The number of amides is 1. The molecule has 8 nitrogen and oxygen atoms in total. The number of ether oxygens (including phenoxy) is 2. The molecule has 1 fully saturated rings. The Morgan fingerprint density at radius 2 is 1.93 bits per heavy atom. The smallest absolute Gasteiger partial charge is 0.324 e. The van der Waals surface area contributed by atoms with Crippen molar-refractivity contribution in [1.29, 1.82) is 0 Å². The van der Waals surface area contributed by atoms with Crippen molar-refractivity contribution in [1.82, 2.24) is 9.62 Å². The van der Waals surface area contributed by atoms with Gasteiger partial charge in [0.25, 0.3) is 5.91 Å². The largest absolute Gasteiger partial charge is 0.454 e. The first-order valence-electron chi connectivity index (χ1n) is 8.52. The summed E-state index contributed by atoms with van der Waals surface area (Å²) in [5.74, 6) is -0.513. The minimum absolute atomic E-state index is 0.0661. The maximum absolute atomic E-state index is 12.5. The third-order valence-corrected chi connectivity index (χ3v) is 6.08. The molecule has 27 heavy (non-hydrogen) atoms. The van der Waals surface area contributed by atoms with Crippen LogP contribution in [0.1, 0.15) is 6.42 Å². The Labute approximate surface area is 163 Å². The van der Waals surface area contributed by atoms with Crippen molar-refractivity contribution in [2.75, 3.05) is 44.9 Å². The van der Waals surface area contributed by atoms with E-state index in [4.69, 9.17) is 9.47 Å². The highest BCUT2D eigenvalue weighted by atomic mass is 32.2. The summed E-state index contributed by atoms with van der Waals surface area (Å²) in [5, 5.41) is 0. The second-order valence-electron chi connectivity index (χ2n) is 5.87. The van der Waals surface area contributed by atoms with Crippen LogP contribution in [-0.4, -0.2) is 76.2 Å². The fourth-order valence-corrected chi connectivity index (χ4v) is 4.16. The van der Waals surface area contributed by atoms with Crippen LogP contribution in [0.15, 0.2) is 35.2 Å². The van der Waals surface area contributed by atoms with E-state index in [1.54, 1.807) is 23.1 Å². The second-order valence-corrected chi connectivity index (χ2v) is 8.57. The molecule has 1 saturated heterocycles. The van der Waals surface area contributed by atoms with E-state index in [0.29, 0.717) is 32.1 Å². The molecule has 150 valence electrons. The van der Waals surface area contributed by atoms with Crippen molar-refractivity contribution in [3.63, 3.8) is 0 Å². The number of hydrogen-bond acceptors (Lipinski definition) is 7. The molecule has 0 saturated carbocycles. The molecule has 1 heterocycles. The summed E-state index contributed by atoms with van der Waals surface area (Å²) in [7, 11) is -3.87. The first-order chi connectivity index (χ1) is 12.9. The third kappa shape index (κ3) is 6.80. The van der Waals surface area contributed by atoms with Crippen LogP contribution in [0.25, 0.3) is 0 Å². The molecule has 1 amide bonds. The van der Waals surface area contributed by atoms with Crippen molar-refractivity contribution >= 4 is 33.7 Å². The molecule has 1 atom stereocenters. The SMILES string of the molecule is CSCC[C@@H](NS(=O)(=O)c1ccccc1)C(=O)OCC(=O)N1CCOCC1. The van der Waals surface area contributed by atoms with Gasteiger partial charge in [0.15, 0.2) is 6.61 Å².